The van der Waals surface area contributed by atoms with Gasteiger partial charge >= 0.3 is 0 Å². The molecule has 2 saturated carbocycles. The largest absolute Gasteiger partial charge is 0.364 e. The predicted molar refractivity (Wildman–Crippen MR) is 85.7 cm³/mol. The summed E-state index contributed by atoms with van der Waals surface area (Å²) in [5, 5.41) is 7.17. The number of anilines is 1. The molecule has 0 aliphatic heterocycles. The molecule has 5 heteroatoms. The molecule has 0 aromatic heterocycles. The van der Waals surface area contributed by atoms with Crippen LogP contribution < -0.4 is 15.5 Å². The molecule has 1 amide bonds. The summed E-state index contributed by atoms with van der Waals surface area (Å²) in [7, 11) is 1.90. The number of halogens is 1. The maximum Gasteiger partial charge on any atom is 0.239 e. The zero-order chi connectivity index (χ0) is 14.8. The third kappa shape index (κ3) is 4.35. The maximum absolute atomic E-state index is 11.8. The summed E-state index contributed by atoms with van der Waals surface area (Å²) in [5.41, 5.74) is 2.09. The Balaban J connectivity index is 1.56. The molecule has 21 heavy (non-hydrogen) atoms. The first kappa shape index (κ1) is 14.7. The van der Waals surface area contributed by atoms with Crippen molar-refractivity contribution in [1.29, 1.82) is 0 Å². The first-order valence-corrected chi connectivity index (χ1v) is 8.02. The van der Waals surface area contributed by atoms with Gasteiger partial charge in [0.05, 0.1) is 17.3 Å². The van der Waals surface area contributed by atoms with Crippen molar-refractivity contribution in [3.8, 4) is 0 Å². The SMILES string of the molecule is CN(CC(=O)NC1CC1)c1ccc(CNC2CC2)cc1Cl. The van der Waals surface area contributed by atoms with Gasteiger partial charge in [0, 0.05) is 25.7 Å². The third-order valence-corrected chi connectivity index (χ3v) is 4.22. The van der Waals surface area contributed by atoms with Crippen LogP contribution in [0.1, 0.15) is 31.2 Å². The highest BCUT2D eigenvalue weighted by Gasteiger charge is 2.24. The van der Waals surface area contributed by atoms with E-state index in [-0.39, 0.29) is 5.91 Å². The number of carbonyl (C=O) groups is 1. The average Bonchev–Trinajstić information content (AvgIpc) is 3.31. The van der Waals surface area contributed by atoms with Crippen molar-refractivity contribution in [2.24, 2.45) is 0 Å². The number of amides is 1. The van der Waals surface area contributed by atoms with Crippen molar-refractivity contribution < 1.29 is 4.79 Å². The van der Waals surface area contributed by atoms with Crippen LogP contribution in [0.3, 0.4) is 0 Å². The van der Waals surface area contributed by atoms with Crippen molar-refractivity contribution in [2.45, 2.75) is 44.3 Å². The fraction of sp³-hybridized carbons (Fsp3) is 0.562. The Morgan fingerprint density at radius 1 is 1.29 bits per heavy atom. The Kier molecular flexibility index (Phi) is 4.36. The molecule has 2 aliphatic carbocycles. The normalized spacial score (nSPS) is 17.6. The van der Waals surface area contributed by atoms with Gasteiger partial charge in [0.25, 0.3) is 0 Å². The van der Waals surface area contributed by atoms with Crippen LogP contribution in [-0.4, -0.2) is 31.6 Å². The van der Waals surface area contributed by atoms with Crippen LogP contribution in [0.5, 0.6) is 0 Å². The lowest BCUT2D eigenvalue weighted by Gasteiger charge is -2.20. The molecule has 1 aromatic rings. The van der Waals surface area contributed by atoms with Crippen molar-refractivity contribution in [3.05, 3.63) is 28.8 Å². The van der Waals surface area contributed by atoms with E-state index >= 15 is 0 Å². The van der Waals surface area contributed by atoms with Crippen molar-refractivity contribution in [1.82, 2.24) is 10.6 Å². The smallest absolute Gasteiger partial charge is 0.239 e. The lowest BCUT2D eigenvalue weighted by molar-refractivity contribution is -0.119. The molecule has 0 saturated heterocycles. The van der Waals surface area contributed by atoms with E-state index in [4.69, 9.17) is 11.6 Å². The molecule has 4 nitrogen and oxygen atoms in total. The first-order valence-electron chi connectivity index (χ1n) is 7.64. The average molecular weight is 308 g/mol. The van der Waals surface area contributed by atoms with Gasteiger partial charge in [0.1, 0.15) is 0 Å². The van der Waals surface area contributed by atoms with Crippen molar-refractivity contribution in [3.63, 3.8) is 0 Å². The van der Waals surface area contributed by atoms with Gasteiger partial charge in [-0.1, -0.05) is 17.7 Å². The van der Waals surface area contributed by atoms with E-state index in [1.165, 1.54) is 18.4 Å². The standard InChI is InChI=1S/C16H22ClN3O/c1-20(10-16(21)19-13-5-6-13)15-7-2-11(8-14(15)17)9-18-12-3-4-12/h2,7-8,12-13,18H,3-6,9-10H2,1H3,(H,19,21). The van der Waals surface area contributed by atoms with Gasteiger partial charge in [-0.15, -0.1) is 0 Å². The Morgan fingerprint density at radius 2 is 2.00 bits per heavy atom. The highest BCUT2D eigenvalue weighted by molar-refractivity contribution is 6.33. The summed E-state index contributed by atoms with van der Waals surface area (Å²) in [6, 6.07) is 7.15. The maximum atomic E-state index is 11.8. The molecule has 0 heterocycles. The van der Waals surface area contributed by atoms with Crippen LogP contribution in [0.15, 0.2) is 18.2 Å². The molecule has 114 valence electrons. The van der Waals surface area contributed by atoms with Gasteiger partial charge < -0.3 is 15.5 Å². The fourth-order valence-electron chi connectivity index (χ4n) is 2.32. The van der Waals surface area contributed by atoms with E-state index in [0.29, 0.717) is 23.7 Å². The summed E-state index contributed by atoms with van der Waals surface area (Å²) in [4.78, 5) is 13.7. The molecular formula is C16H22ClN3O. The fourth-order valence-corrected chi connectivity index (χ4v) is 2.67. The molecule has 2 N–H and O–H groups in total. The van der Waals surface area contributed by atoms with Crippen LogP contribution in [0.4, 0.5) is 5.69 Å². The number of rotatable bonds is 7. The minimum absolute atomic E-state index is 0.0653. The zero-order valence-electron chi connectivity index (χ0n) is 12.4. The summed E-state index contributed by atoms with van der Waals surface area (Å²) >= 11 is 6.36. The third-order valence-electron chi connectivity index (χ3n) is 3.92. The second-order valence-electron chi connectivity index (χ2n) is 6.14. The van der Waals surface area contributed by atoms with Crippen molar-refractivity contribution in [2.75, 3.05) is 18.5 Å². The molecule has 1 aromatic carbocycles. The monoisotopic (exact) mass is 307 g/mol. The first-order chi connectivity index (χ1) is 10.1. The van der Waals surface area contributed by atoms with Gasteiger partial charge in [-0.25, -0.2) is 0 Å². The molecule has 2 aliphatic rings. The van der Waals surface area contributed by atoms with E-state index in [9.17, 15) is 4.79 Å². The predicted octanol–water partition coefficient (Wildman–Crippen LogP) is 2.31. The van der Waals surface area contributed by atoms with Crippen LogP contribution in [0, 0.1) is 0 Å². The highest BCUT2D eigenvalue weighted by atomic mass is 35.5. The second kappa shape index (κ2) is 6.24. The Labute approximate surface area is 130 Å². The Morgan fingerprint density at radius 3 is 2.62 bits per heavy atom. The topological polar surface area (TPSA) is 44.4 Å². The lowest BCUT2D eigenvalue weighted by Crippen LogP contribution is -2.36. The molecule has 0 spiro atoms. The molecular weight excluding hydrogens is 286 g/mol. The van der Waals surface area contributed by atoms with Gasteiger partial charge in [-0.3, -0.25) is 4.79 Å². The number of hydrogen-bond acceptors (Lipinski definition) is 3. The second-order valence-corrected chi connectivity index (χ2v) is 6.55. The van der Waals surface area contributed by atoms with Crippen LogP contribution in [-0.2, 0) is 11.3 Å². The molecule has 0 radical (unpaired) electrons. The highest BCUT2D eigenvalue weighted by Crippen LogP contribution is 2.27. The van der Waals surface area contributed by atoms with Crippen LogP contribution in [0.2, 0.25) is 5.02 Å². The lowest BCUT2D eigenvalue weighted by atomic mass is 10.2. The minimum atomic E-state index is 0.0653. The summed E-state index contributed by atoms with van der Waals surface area (Å²) in [6.45, 7) is 1.20. The van der Waals surface area contributed by atoms with Crippen molar-refractivity contribution >= 4 is 23.2 Å². The summed E-state index contributed by atoms with van der Waals surface area (Å²) in [5.74, 6) is 0.0653. The molecule has 2 fully saturated rings. The van der Waals surface area contributed by atoms with Gasteiger partial charge in [-0.2, -0.15) is 0 Å². The number of benzene rings is 1. The quantitative estimate of drug-likeness (QED) is 0.812. The molecule has 0 unspecified atom stereocenters. The van der Waals surface area contributed by atoms with Gasteiger partial charge in [-0.05, 0) is 43.4 Å². The van der Waals surface area contributed by atoms with E-state index in [2.05, 4.69) is 16.7 Å². The zero-order valence-corrected chi connectivity index (χ0v) is 13.1. The number of hydrogen-bond donors (Lipinski definition) is 2. The Bertz CT molecular complexity index is 526. The number of nitrogens with zero attached hydrogens (tertiary/aromatic N) is 1. The van der Waals surface area contributed by atoms with Gasteiger partial charge in [0.2, 0.25) is 5.91 Å². The summed E-state index contributed by atoms with van der Waals surface area (Å²) in [6.07, 6.45) is 4.78. The minimum Gasteiger partial charge on any atom is -0.364 e. The van der Waals surface area contributed by atoms with E-state index < -0.39 is 0 Å². The summed E-state index contributed by atoms with van der Waals surface area (Å²) < 4.78 is 0. The van der Waals surface area contributed by atoms with Crippen LogP contribution >= 0.6 is 11.6 Å². The van der Waals surface area contributed by atoms with Crippen LogP contribution in [0.25, 0.3) is 0 Å². The van der Waals surface area contributed by atoms with Gasteiger partial charge in [0.15, 0.2) is 0 Å². The van der Waals surface area contributed by atoms with E-state index in [1.807, 2.05) is 24.1 Å². The molecule has 3 rings (SSSR count). The Hall–Kier alpha value is -1.26. The molecule has 0 bridgehead atoms. The number of likely N-dealkylation sites (N-methyl/N-ethyl adjacent to an activating group) is 1. The van der Waals surface area contributed by atoms with E-state index in [0.717, 1.165) is 25.1 Å². The van der Waals surface area contributed by atoms with E-state index in [1.54, 1.807) is 0 Å². The molecule has 0 atom stereocenters. The number of nitrogens with one attached hydrogen (secondary N) is 2. The number of carbonyl (C=O) groups excluding carboxylic acids is 1.